The van der Waals surface area contributed by atoms with E-state index in [1.165, 1.54) is 20.9 Å². The molecule has 0 spiro atoms. The maximum absolute atomic E-state index is 14.3. The lowest BCUT2D eigenvalue weighted by Crippen LogP contribution is -2.57. The van der Waals surface area contributed by atoms with Crippen molar-refractivity contribution in [3.63, 3.8) is 0 Å². The summed E-state index contributed by atoms with van der Waals surface area (Å²) in [6.07, 6.45) is 4.34. The highest BCUT2D eigenvalue weighted by molar-refractivity contribution is 5.95. The Labute approximate surface area is 262 Å². The summed E-state index contributed by atoms with van der Waals surface area (Å²) in [5.41, 5.74) is 9.63. The molecule has 234 valence electrons. The van der Waals surface area contributed by atoms with Crippen LogP contribution in [0.4, 0.5) is 0 Å². The molecule has 8 heteroatoms. The summed E-state index contributed by atoms with van der Waals surface area (Å²) in [6, 6.07) is 26.1. The molecule has 3 rings (SSSR count). The fourth-order valence-electron chi connectivity index (χ4n) is 4.84. The molecule has 3 amide bonds. The van der Waals surface area contributed by atoms with Crippen LogP contribution in [0, 0.1) is 0 Å². The average molecular weight is 598 g/mol. The number of carbonyl (C=O) groups excluding carboxylic acids is 3. The van der Waals surface area contributed by atoms with E-state index in [9.17, 15) is 14.4 Å². The third-order valence-electron chi connectivity index (χ3n) is 7.79. The number of carbonyl (C=O) groups is 3. The number of benzene rings is 3. The van der Waals surface area contributed by atoms with Gasteiger partial charge in [-0.15, -0.1) is 0 Å². The number of amides is 3. The Bertz CT molecular complexity index is 1400. The van der Waals surface area contributed by atoms with Crippen molar-refractivity contribution in [1.82, 2.24) is 19.8 Å². The summed E-state index contributed by atoms with van der Waals surface area (Å²) in [5, 5.41) is 3.19. The first kappa shape index (κ1) is 34.2. The van der Waals surface area contributed by atoms with Gasteiger partial charge < -0.3 is 15.5 Å². The summed E-state index contributed by atoms with van der Waals surface area (Å²) in [6.45, 7) is 3.78. The van der Waals surface area contributed by atoms with E-state index in [1.54, 1.807) is 46.3 Å². The van der Waals surface area contributed by atoms with Gasteiger partial charge in [-0.05, 0) is 48.6 Å². The molecule has 8 nitrogen and oxygen atoms in total. The maximum atomic E-state index is 14.3. The van der Waals surface area contributed by atoms with Crippen molar-refractivity contribution in [2.75, 3.05) is 35.2 Å². The van der Waals surface area contributed by atoms with Crippen LogP contribution < -0.4 is 5.73 Å². The fraction of sp³-hybridized carbons (Fsp3) is 0.361. The van der Waals surface area contributed by atoms with Gasteiger partial charge in [0.05, 0.1) is 0 Å². The Kier molecular flexibility index (Phi) is 12.0. The Morgan fingerprint density at radius 3 is 1.68 bits per heavy atom. The van der Waals surface area contributed by atoms with Gasteiger partial charge in [0, 0.05) is 53.6 Å². The number of nitrogens with zero attached hydrogens (tertiary/aromatic N) is 4. The molecule has 3 aromatic rings. The van der Waals surface area contributed by atoms with Gasteiger partial charge in [-0.25, -0.2) is 5.01 Å². The highest BCUT2D eigenvalue weighted by Crippen LogP contribution is 2.22. The monoisotopic (exact) mass is 597 g/mol. The molecule has 0 fully saturated rings. The maximum Gasteiger partial charge on any atom is 0.259 e. The minimum absolute atomic E-state index is 0.222. The average Bonchev–Trinajstić information content (AvgIpc) is 3.01. The smallest absolute Gasteiger partial charge is 0.259 e. The molecule has 0 unspecified atom stereocenters. The highest BCUT2D eigenvalue weighted by Gasteiger charge is 2.36. The van der Waals surface area contributed by atoms with Gasteiger partial charge in [-0.2, -0.15) is 0 Å². The lowest BCUT2D eigenvalue weighted by Gasteiger charge is -2.37. The Balaban J connectivity index is 1.95. The van der Waals surface area contributed by atoms with Crippen LogP contribution in [0.5, 0.6) is 0 Å². The molecule has 0 saturated carbocycles. The van der Waals surface area contributed by atoms with Gasteiger partial charge >= 0.3 is 0 Å². The predicted octanol–water partition coefficient (Wildman–Crippen LogP) is 4.41. The van der Waals surface area contributed by atoms with Crippen LogP contribution >= 0.6 is 0 Å². The molecule has 0 aromatic heterocycles. The molecule has 0 bridgehead atoms. The van der Waals surface area contributed by atoms with E-state index in [0.717, 1.165) is 22.3 Å². The predicted molar refractivity (Wildman–Crippen MR) is 177 cm³/mol. The van der Waals surface area contributed by atoms with Crippen LogP contribution in [0.15, 0.2) is 97.1 Å². The SMILES string of the molecule is CN(C(=O)C=CCC(C)(C)N)[C@H](Cc1ccc(-c2ccccc2)cc1)C(=O)N(C)[C@H](Cc1ccccc1)C(=O)N(C)N(C)C. The van der Waals surface area contributed by atoms with E-state index in [4.69, 9.17) is 5.73 Å². The molecule has 0 heterocycles. The van der Waals surface area contributed by atoms with Crippen LogP contribution in [0.3, 0.4) is 0 Å². The first-order valence-electron chi connectivity index (χ1n) is 14.9. The first-order chi connectivity index (χ1) is 20.8. The molecule has 44 heavy (non-hydrogen) atoms. The number of rotatable bonds is 13. The summed E-state index contributed by atoms with van der Waals surface area (Å²) in [7, 11) is 8.53. The topological polar surface area (TPSA) is 90.2 Å². The summed E-state index contributed by atoms with van der Waals surface area (Å²) in [5.74, 6) is -0.847. The molecule has 0 aliphatic heterocycles. The molecule has 0 saturated heterocycles. The zero-order chi connectivity index (χ0) is 32.4. The summed E-state index contributed by atoms with van der Waals surface area (Å²) in [4.78, 5) is 44.4. The second-order valence-corrected chi connectivity index (χ2v) is 12.2. The Hall–Kier alpha value is -4.27. The molecular weight excluding hydrogens is 550 g/mol. The lowest BCUT2D eigenvalue weighted by molar-refractivity contribution is -0.154. The standard InChI is InChI=1S/C36H47N5O3/c1-36(2,37)24-14-19-33(42)39(5)31(26-28-20-22-30(23-21-28)29-17-12-9-13-18-29)34(43)40(6)32(35(44)41(7)38(3)4)25-27-15-10-8-11-16-27/h8-23,31-32H,24-26,37H2,1-7H3/t31-,32-/m1/s1. The highest BCUT2D eigenvalue weighted by atomic mass is 16.2. The molecule has 0 radical (unpaired) electrons. The van der Waals surface area contributed by atoms with Crippen LogP contribution in [-0.2, 0) is 27.2 Å². The van der Waals surface area contributed by atoms with Gasteiger partial charge in [0.25, 0.3) is 5.91 Å². The van der Waals surface area contributed by atoms with Crippen LogP contribution in [0.25, 0.3) is 11.1 Å². The Morgan fingerprint density at radius 1 is 0.682 bits per heavy atom. The van der Waals surface area contributed by atoms with Gasteiger partial charge in [0.2, 0.25) is 11.8 Å². The summed E-state index contributed by atoms with van der Waals surface area (Å²) >= 11 is 0. The summed E-state index contributed by atoms with van der Waals surface area (Å²) < 4.78 is 0. The van der Waals surface area contributed by atoms with Gasteiger partial charge in [0.15, 0.2) is 0 Å². The van der Waals surface area contributed by atoms with Crippen molar-refractivity contribution in [3.8, 4) is 11.1 Å². The van der Waals surface area contributed by atoms with E-state index in [0.29, 0.717) is 12.8 Å². The first-order valence-corrected chi connectivity index (χ1v) is 14.9. The molecule has 2 atom stereocenters. The van der Waals surface area contributed by atoms with Gasteiger partial charge in [-0.3, -0.25) is 19.4 Å². The molecule has 3 aromatic carbocycles. The van der Waals surface area contributed by atoms with Gasteiger partial charge in [0.1, 0.15) is 12.1 Å². The van der Waals surface area contributed by atoms with Crippen LogP contribution in [0.2, 0.25) is 0 Å². The van der Waals surface area contributed by atoms with Crippen molar-refractivity contribution < 1.29 is 14.4 Å². The third kappa shape index (κ3) is 9.62. The Morgan fingerprint density at radius 2 is 1.16 bits per heavy atom. The zero-order valence-corrected chi connectivity index (χ0v) is 27.1. The largest absolute Gasteiger partial charge is 0.332 e. The number of nitrogens with two attached hydrogens (primary N) is 1. The van der Waals surface area contributed by atoms with Gasteiger partial charge in [-0.1, -0.05) is 91.0 Å². The number of hydrogen-bond donors (Lipinski definition) is 1. The van der Waals surface area contributed by atoms with E-state index >= 15 is 0 Å². The van der Waals surface area contributed by atoms with Crippen LogP contribution in [-0.4, -0.2) is 90.4 Å². The second-order valence-electron chi connectivity index (χ2n) is 12.2. The minimum Gasteiger partial charge on any atom is -0.332 e. The second kappa shape index (κ2) is 15.5. The quantitative estimate of drug-likeness (QED) is 0.233. The molecule has 2 N–H and O–H groups in total. The van der Waals surface area contributed by atoms with Crippen molar-refractivity contribution in [2.24, 2.45) is 5.73 Å². The zero-order valence-electron chi connectivity index (χ0n) is 27.1. The van der Waals surface area contributed by atoms with Crippen molar-refractivity contribution >= 4 is 17.7 Å². The van der Waals surface area contributed by atoms with Crippen LogP contribution in [0.1, 0.15) is 31.4 Å². The number of hydrazine groups is 1. The van der Waals surface area contributed by atoms with E-state index in [1.807, 2.05) is 98.8 Å². The number of hydrogen-bond acceptors (Lipinski definition) is 5. The number of likely N-dealkylation sites (N-methyl/N-ethyl adjacent to an activating group) is 3. The normalized spacial score (nSPS) is 13.0. The van der Waals surface area contributed by atoms with Crippen molar-refractivity contribution in [2.45, 2.75) is 50.7 Å². The fourth-order valence-corrected chi connectivity index (χ4v) is 4.84. The third-order valence-corrected chi connectivity index (χ3v) is 7.79. The van der Waals surface area contributed by atoms with E-state index in [-0.39, 0.29) is 24.1 Å². The van der Waals surface area contributed by atoms with Crippen molar-refractivity contribution in [1.29, 1.82) is 0 Å². The van der Waals surface area contributed by atoms with E-state index < -0.39 is 17.6 Å². The molecule has 0 aliphatic rings. The minimum atomic E-state index is -0.846. The molecular formula is C36H47N5O3. The molecule has 0 aliphatic carbocycles. The lowest BCUT2D eigenvalue weighted by atomic mass is 9.98. The van der Waals surface area contributed by atoms with E-state index in [2.05, 4.69) is 0 Å². The van der Waals surface area contributed by atoms with Crippen molar-refractivity contribution in [3.05, 3.63) is 108 Å².